The minimum absolute atomic E-state index is 0.174. The molecule has 56 valence electrons. The van der Waals surface area contributed by atoms with E-state index in [1.165, 1.54) is 0 Å². The lowest BCUT2D eigenvalue weighted by Gasteiger charge is -2.05. The first kappa shape index (κ1) is 6.84. The Hall–Kier alpha value is -1.27. The van der Waals surface area contributed by atoms with Crippen molar-refractivity contribution < 1.29 is 13.2 Å². The van der Waals surface area contributed by atoms with Crippen molar-refractivity contribution in [3.05, 3.63) is 6.33 Å². The SMILES string of the molecule is Nc1nncn1C(F)(F)F. The maximum atomic E-state index is 11.7. The van der Waals surface area contributed by atoms with E-state index in [1.54, 1.807) is 0 Å². The van der Waals surface area contributed by atoms with Crippen LogP contribution in [-0.4, -0.2) is 14.8 Å². The third-order valence-electron chi connectivity index (χ3n) is 0.847. The second-order valence-electron chi connectivity index (χ2n) is 1.53. The summed E-state index contributed by atoms with van der Waals surface area (Å²) < 4.78 is 34.9. The zero-order chi connectivity index (χ0) is 7.78. The molecule has 0 aliphatic rings. The van der Waals surface area contributed by atoms with Gasteiger partial charge in [0.1, 0.15) is 6.33 Å². The van der Waals surface area contributed by atoms with Gasteiger partial charge in [-0.2, -0.15) is 0 Å². The highest BCUT2D eigenvalue weighted by atomic mass is 19.4. The first-order chi connectivity index (χ1) is 4.52. The number of hydrogen-bond acceptors (Lipinski definition) is 3. The van der Waals surface area contributed by atoms with Gasteiger partial charge in [-0.05, 0) is 0 Å². The van der Waals surface area contributed by atoms with Crippen LogP contribution in [-0.2, 0) is 6.30 Å². The fourth-order valence-electron chi connectivity index (χ4n) is 0.439. The summed E-state index contributed by atoms with van der Waals surface area (Å²) in [5, 5.41) is 5.91. The Morgan fingerprint density at radius 3 is 2.30 bits per heavy atom. The number of nitrogens with two attached hydrogens (primary N) is 1. The van der Waals surface area contributed by atoms with Crippen molar-refractivity contribution in [3.8, 4) is 0 Å². The average Bonchev–Trinajstić information content (AvgIpc) is 2.11. The largest absolute Gasteiger partial charge is 0.492 e. The molecule has 0 aromatic carbocycles. The Morgan fingerprint density at radius 1 is 1.50 bits per heavy atom. The summed E-state index contributed by atoms with van der Waals surface area (Å²) in [5.41, 5.74) is 4.80. The molecule has 7 heteroatoms. The third-order valence-corrected chi connectivity index (χ3v) is 0.847. The fraction of sp³-hybridized carbons (Fsp3) is 0.333. The molecule has 0 amide bonds. The number of aromatic nitrogens is 3. The summed E-state index contributed by atoms with van der Waals surface area (Å²) in [6, 6.07) is 0. The van der Waals surface area contributed by atoms with Gasteiger partial charge in [0.2, 0.25) is 5.95 Å². The van der Waals surface area contributed by atoms with E-state index in [-0.39, 0.29) is 4.57 Å². The van der Waals surface area contributed by atoms with Crippen molar-refractivity contribution in [1.82, 2.24) is 14.8 Å². The predicted octanol–water partition coefficient (Wildman–Crippen LogP) is 0.337. The molecular formula is C3H3F3N4. The number of rotatable bonds is 0. The van der Waals surface area contributed by atoms with Gasteiger partial charge in [-0.3, -0.25) is 0 Å². The molecule has 0 spiro atoms. The maximum absolute atomic E-state index is 11.7. The van der Waals surface area contributed by atoms with Crippen LogP contribution in [0.4, 0.5) is 19.1 Å². The molecule has 0 fully saturated rings. The highest BCUT2D eigenvalue weighted by molar-refractivity contribution is 5.13. The van der Waals surface area contributed by atoms with Crippen LogP contribution >= 0.6 is 0 Å². The van der Waals surface area contributed by atoms with Gasteiger partial charge in [-0.15, -0.1) is 23.4 Å². The Labute approximate surface area is 53.5 Å². The molecule has 0 unspecified atom stereocenters. The van der Waals surface area contributed by atoms with Crippen LogP contribution in [0.2, 0.25) is 0 Å². The molecule has 0 radical (unpaired) electrons. The molecule has 0 atom stereocenters. The molecule has 0 aliphatic carbocycles. The quantitative estimate of drug-likeness (QED) is 0.583. The summed E-state index contributed by atoms with van der Waals surface area (Å²) in [5.74, 6) is -0.660. The van der Waals surface area contributed by atoms with E-state index in [0.717, 1.165) is 0 Å². The first-order valence-electron chi connectivity index (χ1n) is 2.24. The van der Waals surface area contributed by atoms with Gasteiger partial charge in [0.25, 0.3) is 0 Å². The smallest absolute Gasteiger partial charge is 0.368 e. The summed E-state index contributed by atoms with van der Waals surface area (Å²) in [6.45, 7) is 0. The van der Waals surface area contributed by atoms with Crippen LogP contribution in [0.3, 0.4) is 0 Å². The van der Waals surface area contributed by atoms with Crippen LogP contribution in [0.1, 0.15) is 0 Å². The molecule has 0 aliphatic heterocycles. The molecule has 1 aromatic heterocycles. The monoisotopic (exact) mass is 152 g/mol. The summed E-state index contributed by atoms with van der Waals surface area (Å²) in [6.07, 6.45) is -4.01. The summed E-state index contributed by atoms with van der Waals surface area (Å²) in [4.78, 5) is 0. The van der Waals surface area contributed by atoms with Gasteiger partial charge in [0.15, 0.2) is 0 Å². The van der Waals surface area contributed by atoms with Crippen LogP contribution in [0.15, 0.2) is 6.33 Å². The third kappa shape index (κ3) is 1.02. The van der Waals surface area contributed by atoms with Crippen molar-refractivity contribution in [2.24, 2.45) is 0 Å². The Bertz CT molecular complexity index is 226. The molecule has 0 saturated heterocycles. The lowest BCUT2D eigenvalue weighted by Crippen LogP contribution is -2.17. The zero-order valence-corrected chi connectivity index (χ0v) is 4.63. The first-order valence-corrected chi connectivity index (χ1v) is 2.24. The minimum atomic E-state index is -4.52. The molecule has 0 saturated carbocycles. The molecule has 4 nitrogen and oxygen atoms in total. The molecule has 1 heterocycles. The minimum Gasteiger partial charge on any atom is -0.368 e. The van der Waals surface area contributed by atoms with Gasteiger partial charge in [0.05, 0.1) is 0 Å². The number of nitrogens with zero attached hydrogens (tertiary/aromatic N) is 3. The van der Waals surface area contributed by atoms with Crippen molar-refractivity contribution in [2.45, 2.75) is 6.30 Å². The van der Waals surface area contributed by atoms with Crippen LogP contribution in [0.25, 0.3) is 0 Å². The normalized spacial score (nSPS) is 11.9. The zero-order valence-electron chi connectivity index (χ0n) is 4.63. The molecular weight excluding hydrogens is 149 g/mol. The van der Waals surface area contributed by atoms with Crippen molar-refractivity contribution >= 4 is 5.95 Å². The predicted molar refractivity (Wildman–Crippen MR) is 25.7 cm³/mol. The second kappa shape index (κ2) is 1.86. The molecule has 10 heavy (non-hydrogen) atoms. The van der Waals surface area contributed by atoms with Gasteiger partial charge in [0, 0.05) is 0 Å². The van der Waals surface area contributed by atoms with E-state index in [2.05, 4.69) is 10.2 Å². The van der Waals surface area contributed by atoms with Crippen molar-refractivity contribution in [1.29, 1.82) is 0 Å². The number of halogens is 3. The summed E-state index contributed by atoms with van der Waals surface area (Å²) >= 11 is 0. The van der Waals surface area contributed by atoms with Crippen LogP contribution in [0, 0.1) is 0 Å². The van der Waals surface area contributed by atoms with Gasteiger partial charge in [-0.25, -0.2) is 4.57 Å². The second-order valence-corrected chi connectivity index (χ2v) is 1.53. The van der Waals surface area contributed by atoms with Crippen LogP contribution < -0.4 is 5.73 Å². The van der Waals surface area contributed by atoms with Gasteiger partial charge >= 0.3 is 6.30 Å². The van der Waals surface area contributed by atoms with Gasteiger partial charge in [-0.1, -0.05) is 0 Å². The number of nitrogen functional groups attached to an aromatic ring is 1. The van der Waals surface area contributed by atoms with E-state index >= 15 is 0 Å². The van der Waals surface area contributed by atoms with E-state index in [1.807, 2.05) is 0 Å². The van der Waals surface area contributed by atoms with E-state index in [4.69, 9.17) is 5.73 Å². The molecule has 1 rings (SSSR count). The number of alkyl halides is 3. The lowest BCUT2D eigenvalue weighted by atomic mass is 10.9. The fourth-order valence-corrected chi connectivity index (χ4v) is 0.439. The van der Waals surface area contributed by atoms with Crippen LogP contribution in [0.5, 0.6) is 0 Å². The highest BCUT2D eigenvalue weighted by Gasteiger charge is 2.32. The standard InChI is InChI=1S/C3H3F3N4/c4-3(5,6)10-1-8-9-2(10)7/h1H,(H2,7,9). The topological polar surface area (TPSA) is 56.7 Å². The molecule has 2 N–H and O–H groups in total. The average molecular weight is 152 g/mol. The Morgan fingerprint density at radius 2 is 2.10 bits per heavy atom. The summed E-state index contributed by atoms with van der Waals surface area (Å²) in [7, 11) is 0. The molecule has 1 aromatic rings. The Kier molecular flexibility index (Phi) is 1.27. The number of hydrogen-bond donors (Lipinski definition) is 1. The maximum Gasteiger partial charge on any atom is 0.492 e. The van der Waals surface area contributed by atoms with Gasteiger partial charge < -0.3 is 5.73 Å². The van der Waals surface area contributed by atoms with E-state index in [9.17, 15) is 13.2 Å². The highest BCUT2D eigenvalue weighted by Crippen LogP contribution is 2.23. The van der Waals surface area contributed by atoms with Crippen molar-refractivity contribution in [3.63, 3.8) is 0 Å². The van der Waals surface area contributed by atoms with E-state index < -0.39 is 12.2 Å². The molecule has 0 bridgehead atoms. The van der Waals surface area contributed by atoms with E-state index in [0.29, 0.717) is 6.33 Å². The Balaban J connectivity index is 3.05. The number of anilines is 1. The lowest BCUT2D eigenvalue weighted by molar-refractivity contribution is -0.202. The van der Waals surface area contributed by atoms with Crippen molar-refractivity contribution in [2.75, 3.05) is 5.73 Å².